The SMILES string of the molecule is Cc1ccc(CCCC(=O)Nc2ccc(N3CCCS3(=O)=O)c(C)c2)cc1. The highest BCUT2D eigenvalue weighted by molar-refractivity contribution is 7.93. The van der Waals surface area contributed by atoms with Crippen LogP contribution in [0.4, 0.5) is 11.4 Å². The highest BCUT2D eigenvalue weighted by atomic mass is 32.2. The number of nitrogens with zero attached hydrogens (tertiary/aromatic N) is 1. The fourth-order valence-electron chi connectivity index (χ4n) is 3.35. The minimum atomic E-state index is -3.19. The lowest BCUT2D eigenvalue weighted by Crippen LogP contribution is -2.25. The monoisotopic (exact) mass is 386 g/mol. The van der Waals surface area contributed by atoms with E-state index in [0.29, 0.717) is 30.8 Å². The van der Waals surface area contributed by atoms with E-state index in [9.17, 15) is 13.2 Å². The van der Waals surface area contributed by atoms with Crippen molar-refractivity contribution in [3.63, 3.8) is 0 Å². The molecule has 3 rings (SSSR count). The Bertz CT molecular complexity index is 921. The van der Waals surface area contributed by atoms with Crippen LogP contribution in [0.25, 0.3) is 0 Å². The molecule has 0 aliphatic carbocycles. The summed E-state index contributed by atoms with van der Waals surface area (Å²) in [6.07, 6.45) is 2.77. The van der Waals surface area contributed by atoms with Crippen LogP contribution in [0.1, 0.15) is 36.0 Å². The molecule has 1 amide bonds. The van der Waals surface area contributed by atoms with Gasteiger partial charge in [0, 0.05) is 18.7 Å². The van der Waals surface area contributed by atoms with Crippen molar-refractivity contribution in [1.29, 1.82) is 0 Å². The molecule has 0 saturated carbocycles. The minimum absolute atomic E-state index is 0.0249. The normalized spacial score (nSPS) is 15.7. The number of amides is 1. The lowest BCUT2D eigenvalue weighted by atomic mass is 10.1. The molecule has 144 valence electrons. The number of anilines is 2. The van der Waals surface area contributed by atoms with Gasteiger partial charge >= 0.3 is 0 Å². The first kappa shape index (κ1) is 19.4. The number of hydrogen-bond donors (Lipinski definition) is 1. The molecule has 0 bridgehead atoms. The Hall–Kier alpha value is -2.34. The van der Waals surface area contributed by atoms with Crippen LogP contribution in [0.2, 0.25) is 0 Å². The number of rotatable bonds is 6. The second-order valence-corrected chi connectivity index (χ2v) is 9.14. The van der Waals surface area contributed by atoms with Crippen LogP contribution in [0.3, 0.4) is 0 Å². The van der Waals surface area contributed by atoms with Gasteiger partial charge in [-0.25, -0.2) is 8.42 Å². The van der Waals surface area contributed by atoms with Crippen molar-refractivity contribution in [2.24, 2.45) is 0 Å². The third-order valence-corrected chi connectivity index (χ3v) is 6.69. The summed E-state index contributed by atoms with van der Waals surface area (Å²) in [5.41, 5.74) is 4.72. The van der Waals surface area contributed by atoms with Gasteiger partial charge < -0.3 is 5.32 Å². The minimum Gasteiger partial charge on any atom is -0.326 e. The van der Waals surface area contributed by atoms with E-state index in [1.54, 1.807) is 12.1 Å². The third-order valence-electron chi connectivity index (χ3n) is 4.84. The van der Waals surface area contributed by atoms with Crippen LogP contribution >= 0.6 is 0 Å². The smallest absolute Gasteiger partial charge is 0.235 e. The lowest BCUT2D eigenvalue weighted by Gasteiger charge is -2.20. The summed E-state index contributed by atoms with van der Waals surface area (Å²) in [6, 6.07) is 13.7. The molecule has 2 aromatic rings. The van der Waals surface area contributed by atoms with E-state index in [4.69, 9.17) is 0 Å². The van der Waals surface area contributed by atoms with Crippen LogP contribution in [0, 0.1) is 13.8 Å². The maximum absolute atomic E-state index is 12.2. The van der Waals surface area contributed by atoms with E-state index in [0.717, 1.165) is 18.4 Å². The zero-order valence-electron chi connectivity index (χ0n) is 15.9. The van der Waals surface area contributed by atoms with Crippen molar-refractivity contribution >= 4 is 27.3 Å². The van der Waals surface area contributed by atoms with Gasteiger partial charge in [-0.1, -0.05) is 29.8 Å². The average molecular weight is 387 g/mol. The van der Waals surface area contributed by atoms with E-state index in [-0.39, 0.29) is 11.7 Å². The molecule has 1 N–H and O–H groups in total. The van der Waals surface area contributed by atoms with Gasteiger partial charge in [-0.15, -0.1) is 0 Å². The Labute approximate surface area is 161 Å². The quantitative estimate of drug-likeness (QED) is 0.821. The molecule has 0 atom stereocenters. The molecule has 0 spiro atoms. The van der Waals surface area contributed by atoms with Crippen molar-refractivity contribution in [1.82, 2.24) is 0 Å². The zero-order valence-corrected chi connectivity index (χ0v) is 16.7. The second-order valence-electron chi connectivity index (χ2n) is 7.13. The first-order chi connectivity index (χ1) is 12.8. The molecule has 1 saturated heterocycles. The van der Waals surface area contributed by atoms with Gasteiger partial charge in [-0.05, 0) is 62.4 Å². The van der Waals surface area contributed by atoms with E-state index in [2.05, 4.69) is 36.5 Å². The molecule has 5 nitrogen and oxygen atoms in total. The Morgan fingerprint density at radius 1 is 1.11 bits per heavy atom. The van der Waals surface area contributed by atoms with Crippen LogP contribution in [0.5, 0.6) is 0 Å². The number of benzene rings is 2. The fraction of sp³-hybridized carbons (Fsp3) is 0.381. The standard InChI is InChI=1S/C21H26N2O3S/c1-16-7-9-18(10-8-16)5-3-6-21(24)22-19-11-12-20(17(2)15-19)23-13-4-14-27(23,25)26/h7-12,15H,3-6,13-14H2,1-2H3,(H,22,24). The summed E-state index contributed by atoms with van der Waals surface area (Å²) in [5.74, 6) is 0.175. The van der Waals surface area contributed by atoms with E-state index < -0.39 is 10.0 Å². The first-order valence-corrected chi connectivity index (χ1v) is 10.9. The number of aryl methyl sites for hydroxylation is 3. The van der Waals surface area contributed by atoms with Gasteiger partial charge in [0.1, 0.15) is 0 Å². The lowest BCUT2D eigenvalue weighted by molar-refractivity contribution is -0.116. The van der Waals surface area contributed by atoms with Gasteiger partial charge in [0.2, 0.25) is 15.9 Å². The molecule has 0 unspecified atom stereocenters. The number of nitrogens with one attached hydrogen (secondary N) is 1. The van der Waals surface area contributed by atoms with Crippen molar-refractivity contribution in [2.75, 3.05) is 21.9 Å². The summed E-state index contributed by atoms with van der Waals surface area (Å²) in [7, 11) is -3.19. The predicted molar refractivity (Wildman–Crippen MR) is 110 cm³/mol. The molecule has 0 aromatic heterocycles. The van der Waals surface area contributed by atoms with Crippen LogP contribution in [-0.4, -0.2) is 26.6 Å². The first-order valence-electron chi connectivity index (χ1n) is 9.32. The van der Waals surface area contributed by atoms with Crippen molar-refractivity contribution in [3.05, 3.63) is 59.2 Å². The van der Waals surface area contributed by atoms with Gasteiger partial charge in [-0.3, -0.25) is 9.10 Å². The van der Waals surface area contributed by atoms with E-state index >= 15 is 0 Å². The molecule has 1 aliphatic rings. The number of sulfonamides is 1. The number of carbonyl (C=O) groups is 1. The van der Waals surface area contributed by atoms with Gasteiger partial charge in [-0.2, -0.15) is 0 Å². The topological polar surface area (TPSA) is 66.5 Å². The van der Waals surface area contributed by atoms with Crippen molar-refractivity contribution in [3.8, 4) is 0 Å². The van der Waals surface area contributed by atoms with Crippen LogP contribution in [-0.2, 0) is 21.2 Å². The van der Waals surface area contributed by atoms with Crippen molar-refractivity contribution < 1.29 is 13.2 Å². The van der Waals surface area contributed by atoms with Gasteiger partial charge in [0.25, 0.3) is 0 Å². The molecule has 6 heteroatoms. The Morgan fingerprint density at radius 2 is 1.85 bits per heavy atom. The summed E-state index contributed by atoms with van der Waals surface area (Å²) in [4.78, 5) is 12.2. The highest BCUT2D eigenvalue weighted by Gasteiger charge is 2.29. The van der Waals surface area contributed by atoms with E-state index in [1.807, 2.05) is 13.0 Å². The molecule has 1 fully saturated rings. The summed E-state index contributed by atoms with van der Waals surface area (Å²) >= 11 is 0. The predicted octanol–water partition coefficient (Wildman–Crippen LogP) is 3.80. The summed E-state index contributed by atoms with van der Waals surface area (Å²) < 4.78 is 25.6. The van der Waals surface area contributed by atoms with E-state index in [1.165, 1.54) is 15.4 Å². The molecule has 2 aromatic carbocycles. The van der Waals surface area contributed by atoms with Crippen LogP contribution in [0.15, 0.2) is 42.5 Å². The van der Waals surface area contributed by atoms with Crippen LogP contribution < -0.4 is 9.62 Å². The average Bonchev–Trinajstić information content (AvgIpc) is 2.96. The fourth-order valence-corrected chi connectivity index (χ4v) is 4.98. The van der Waals surface area contributed by atoms with Crippen molar-refractivity contribution in [2.45, 2.75) is 39.5 Å². The molecule has 27 heavy (non-hydrogen) atoms. The van der Waals surface area contributed by atoms with Gasteiger partial charge in [0.05, 0.1) is 11.4 Å². The molecule has 1 heterocycles. The summed E-state index contributed by atoms with van der Waals surface area (Å²) in [5, 5.41) is 2.91. The maximum atomic E-state index is 12.2. The molecular weight excluding hydrogens is 360 g/mol. The molecular formula is C21H26N2O3S. The largest absolute Gasteiger partial charge is 0.326 e. The second kappa shape index (κ2) is 8.13. The summed E-state index contributed by atoms with van der Waals surface area (Å²) in [6.45, 7) is 4.45. The zero-order chi connectivity index (χ0) is 19.4. The number of hydrogen-bond acceptors (Lipinski definition) is 3. The van der Waals surface area contributed by atoms with Gasteiger partial charge in [0.15, 0.2) is 0 Å². The third kappa shape index (κ3) is 4.89. The highest BCUT2D eigenvalue weighted by Crippen LogP contribution is 2.29. The molecule has 0 radical (unpaired) electrons. The Balaban J connectivity index is 1.55. The Morgan fingerprint density at radius 3 is 2.48 bits per heavy atom. The maximum Gasteiger partial charge on any atom is 0.235 e. The molecule has 1 aliphatic heterocycles. The number of carbonyl (C=O) groups excluding carboxylic acids is 1. The Kier molecular flexibility index (Phi) is 5.85.